The Bertz CT molecular complexity index is 454. The molecule has 0 radical (unpaired) electrons. The lowest BCUT2D eigenvalue weighted by molar-refractivity contribution is -0.0335. The van der Waals surface area contributed by atoms with Gasteiger partial charge in [-0.25, -0.2) is 8.78 Å². The minimum Gasteiger partial charge on any atom is -0.391 e. The number of hydrogen-bond acceptors (Lipinski definition) is 2. The first kappa shape index (κ1) is 16.4. The van der Waals surface area contributed by atoms with Crippen molar-refractivity contribution in [2.45, 2.75) is 57.6 Å². The van der Waals surface area contributed by atoms with Crippen LogP contribution in [-0.2, 0) is 6.42 Å². The van der Waals surface area contributed by atoms with E-state index in [-0.39, 0.29) is 12.0 Å². The van der Waals surface area contributed by atoms with Gasteiger partial charge in [0.15, 0.2) is 0 Å². The fourth-order valence-corrected chi connectivity index (χ4v) is 3.22. The molecule has 1 aliphatic rings. The van der Waals surface area contributed by atoms with Gasteiger partial charge in [-0.15, -0.1) is 0 Å². The quantitative estimate of drug-likeness (QED) is 0.899. The van der Waals surface area contributed by atoms with Gasteiger partial charge in [0, 0.05) is 17.5 Å². The van der Waals surface area contributed by atoms with Crippen LogP contribution in [0.25, 0.3) is 0 Å². The average molecular weight is 297 g/mol. The van der Waals surface area contributed by atoms with E-state index in [1.165, 1.54) is 24.6 Å². The molecule has 118 valence electrons. The molecule has 2 rings (SSSR count). The van der Waals surface area contributed by atoms with Crippen LogP contribution in [0.4, 0.5) is 8.78 Å². The molecule has 2 unspecified atom stereocenters. The second kappa shape index (κ2) is 6.84. The molecule has 1 N–H and O–H groups in total. The van der Waals surface area contributed by atoms with Gasteiger partial charge in [-0.05, 0) is 51.4 Å². The van der Waals surface area contributed by atoms with Gasteiger partial charge in [0.2, 0.25) is 0 Å². The van der Waals surface area contributed by atoms with Crippen LogP contribution in [0.2, 0.25) is 0 Å². The molecule has 1 saturated heterocycles. The highest BCUT2D eigenvalue weighted by Crippen LogP contribution is 2.30. The van der Waals surface area contributed by atoms with Crippen LogP contribution in [0.1, 0.15) is 45.1 Å². The second-order valence-corrected chi connectivity index (χ2v) is 6.18. The highest BCUT2D eigenvalue weighted by atomic mass is 19.1. The van der Waals surface area contributed by atoms with Gasteiger partial charge < -0.3 is 5.11 Å². The first-order valence-electron chi connectivity index (χ1n) is 7.85. The highest BCUT2D eigenvalue weighted by Gasteiger charge is 2.38. The molecule has 2 nitrogen and oxygen atoms in total. The number of aliphatic hydroxyl groups excluding tert-OH is 1. The van der Waals surface area contributed by atoms with E-state index >= 15 is 0 Å². The zero-order valence-corrected chi connectivity index (χ0v) is 12.9. The minimum absolute atomic E-state index is 0.0123. The predicted octanol–water partition coefficient (Wildman–Crippen LogP) is 3.52. The maximum atomic E-state index is 13.8. The molecule has 2 atom stereocenters. The summed E-state index contributed by atoms with van der Waals surface area (Å²) in [5.74, 6) is -1.16. The molecule has 1 heterocycles. The van der Waals surface area contributed by atoms with E-state index in [2.05, 4.69) is 4.90 Å². The molecule has 1 aromatic carbocycles. The Morgan fingerprint density at radius 3 is 2.29 bits per heavy atom. The summed E-state index contributed by atoms with van der Waals surface area (Å²) < 4.78 is 27.6. The minimum atomic E-state index is -0.785. The average Bonchev–Trinajstić information content (AvgIpc) is 2.51. The van der Waals surface area contributed by atoms with E-state index in [1.807, 2.05) is 13.8 Å². The van der Waals surface area contributed by atoms with Crippen molar-refractivity contribution in [2.24, 2.45) is 0 Å². The molecule has 1 aromatic rings. The summed E-state index contributed by atoms with van der Waals surface area (Å²) in [6.45, 7) is 5.92. The van der Waals surface area contributed by atoms with Gasteiger partial charge in [-0.3, -0.25) is 4.90 Å². The Labute approximate surface area is 125 Å². The molecule has 4 heteroatoms. The second-order valence-electron chi connectivity index (χ2n) is 6.18. The van der Waals surface area contributed by atoms with Crippen LogP contribution in [-0.4, -0.2) is 34.7 Å². The molecule has 0 amide bonds. The van der Waals surface area contributed by atoms with E-state index in [1.54, 1.807) is 0 Å². The topological polar surface area (TPSA) is 23.5 Å². The van der Waals surface area contributed by atoms with Crippen LogP contribution in [0, 0.1) is 11.6 Å². The van der Waals surface area contributed by atoms with Crippen molar-refractivity contribution in [3.63, 3.8) is 0 Å². The van der Waals surface area contributed by atoms with E-state index < -0.39 is 23.3 Å². The Hall–Kier alpha value is -1.00. The maximum Gasteiger partial charge on any atom is 0.129 e. The van der Waals surface area contributed by atoms with Gasteiger partial charge in [0.05, 0.1) is 6.10 Å². The molecular weight excluding hydrogens is 272 g/mol. The van der Waals surface area contributed by atoms with E-state index in [4.69, 9.17) is 0 Å². The number of benzene rings is 1. The van der Waals surface area contributed by atoms with Gasteiger partial charge in [-0.2, -0.15) is 0 Å². The molecule has 21 heavy (non-hydrogen) atoms. The summed E-state index contributed by atoms with van der Waals surface area (Å²) in [7, 11) is 0. The smallest absolute Gasteiger partial charge is 0.129 e. The normalized spacial score (nSPS) is 21.0. The summed E-state index contributed by atoms with van der Waals surface area (Å²) in [6, 6.07) is 3.84. The lowest BCUT2D eigenvalue weighted by Gasteiger charge is -2.46. The van der Waals surface area contributed by atoms with E-state index in [0.717, 1.165) is 32.4 Å². The summed E-state index contributed by atoms with van der Waals surface area (Å²) in [4.78, 5) is 2.28. The monoisotopic (exact) mass is 297 g/mol. The number of aliphatic hydroxyl groups is 1. The number of rotatable bonds is 5. The molecule has 0 saturated carbocycles. The van der Waals surface area contributed by atoms with Crippen LogP contribution in [0.5, 0.6) is 0 Å². The SMILES string of the molecule is CCC(C)(C(O)Cc1c(F)cccc1F)N1CCCCC1. The van der Waals surface area contributed by atoms with Crippen molar-refractivity contribution in [1.29, 1.82) is 0 Å². The Kier molecular flexibility index (Phi) is 5.33. The largest absolute Gasteiger partial charge is 0.391 e. The van der Waals surface area contributed by atoms with Gasteiger partial charge in [-0.1, -0.05) is 19.4 Å². The van der Waals surface area contributed by atoms with Crippen molar-refractivity contribution in [1.82, 2.24) is 4.90 Å². The van der Waals surface area contributed by atoms with E-state index in [9.17, 15) is 13.9 Å². The molecule has 0 bridgehead atoms. The predicted molar refractivity (Wildman–Crippen MR) is 80.2 cm³/mol. The van der Waals surface area contributed by atoms with Crippen LogP contribution < -0.4 is 0 Å². The lowest BCUT2D eigenvalue weighted by Crippen LogP contribution is -2.56. The highest BCUT2D eigenvalue weighted by molar-refractivity contribution is 5.21. The van der Waals surface area contributed by atoms with Crippen molar-refractivity contribution in [3.05, 3.63) is 35.4 Å². The number of piperidine rings is 1. The van der Waals surface area contributed by atoms with Crippen LogP contribution in [0.3, 0.4) is 0 Å². The number of halogens is 2. The summed E-state index contributed by atoms with van der Waals surface area (Å²) in [5, 5.41) is 10.6. The van der Waals surface area contributed by atoms with Crippen molar-refractivity contribution < 1.29 is 13.9 Å². The molecule has 0 aliphatic carbocycles. The molecule has 0 spiro atoms. The van der Waals surface area contributed by atoms with Crippen molar-refractivity contribution in [3.8, 4) is 0 Å². The van der Waals surface area contributed by atoms with E-state index in [0.29, 0.717) is 0 Å². The zero-order valence-electron chi connectivity index (χ0n) is 12.9. The zero-order chi connectivity index (χ0) is 15.5. The molecular formula is C17H25F2NO. The molecule has 0 aromatic heterocycles. The fraction of sp³-hybridized carbons (Fsp3) is 0.647. The third kappa shape index (κ3) is 3.43. The summed E-state index contributed by atoms with van der Waals surface area (Å²) >= 11 is 0. The van der Waals surface area contributed by atoms with Gasteiger partial charge in [0.1, 0.15) is 11.6 Å². The van der Waals surface area contributed by atoms with Gasteiger partial charge >= 0.3 is 0 Å². The standard InChI is InChI=1S/C17H25F2NO/c1-3-17(2,20-10-5-4-6-11-20)16(21)12-13-14(18)8-7-9-15(13)19/h7-9,16,21H,3-6,10-12H2,1-2H3. The van der Waals surface area contributed by atoms with Crippen molar-refractivity contribution in [2.75, 3.05) is 13.1 Å². The van der Waals surface area contributed by atoms with Crippen LogP contribution >= 0.6 is 0 Å². The number of likely N-dealkylation sites (tertiary alicyclic amines) is 1. The first-order chi connectivity index (χ1) is 9.99. The van der Waals surface area contributed by atoms with Crippen LogP contribution in [0.15, 0.2) is 18.2 Å². The lowest BCUT2D eigenvalue weighted by atomic mass is 9.84. The maximum absolute atomic E-state index is 13.8. The Morgan fingerprint density at radius 2 is 1.76 bits per heavy atom. The van der Waals surface area contributed by atoms with Crippen molar-refractivity contribution >= 4 is 0 Å². The first-order valence-corrected chi connectivity index (χ1v) is 7.85. The fourth-order valence-electron chi connectivity index (χ4n) is 3.22. The third-order valence-corrected chi connectivity index (χ3v) is 4.97. The Balaban J connectivity index is 2.17. The van der Waals surface area contributed by atoms with Gasteiger partial charge in [0.25, 0.3) is 0 Å². The number of hydrogen-bond donors (Lipinski definition) is 1. The number of nitrogens with zero attached hydrogens (tertiary/aromatic N) is 1. The molecule has 1 fully saturated rings. The third-order valence-electron chi connectivity index (χ3n) is 4.97. The molecule has 1 aliphatic heterocycles. The summed E-state index contributed by atoms with van der Waals surface area (Å²) in [6.07, 6.45) is 3.44. The Morgan fingerprint density at radius 1 is 1.19 bits per heavy atom. The summed E-state index contributed by atoms with van der Waals surface area (Å²) in [5.41, 5.74) is -0.448.